The maximum Gasteiger partial charge on any atom is 0.418 e. The van der Waals surface area contributed by atoms with Gasteiger partial charge in [0.2, 0.25) is 5.91 Å². The number of aryl methyl sites for hydroxylation is 1. The number of aromatic nitrogens is 2. The van der Waals surface area contributed by atoms with Crippen LogP contribution in [0.3, 0.4) is 0 Å². The Morgan fingerprint density at radius 1 is 1.35 bits per heavy atom. The number of nitrogens with two attached hydrogens (primary N) is 1. The molecular formula is C18H23F3N4O. The number of hydrogen-bond acceptors (Lipinski definition) is 3. The average molecular weight is 368 g/mol. The first-order chi connectivity index (χ1) is 11.9. The number of nitrogens with one attached hydrogen (secondary N) is 1. The first-order valence-corrected chi connectivity index (χ1v) is 8.55. The standard InChI is InChI=1S/C18H23F3N4O/c1-10-4-12(18(19,20)21)16-13(5-10)23-14(24-16)6-11-8-25(9-11)15(26)7-17(2,3)22/h4-5,11H,6-9,22H2,1-3H3,(H,23,24). The van der Waals surface area contributed by atoms with Crippen molar-refractivity contribution in [3.8, 4) is 0 Å². The zero-order valence-electron chi connectivity index (χ0n) is 15.1. The molecule has 0 bridgehead atoms. The number of amides is 1. The lowest BCUT2D eigenvalue weighted by Gasteiger charge is -2.40. The molecule has 1 aliphatic rings. The van der Waals surface area contributed by atoms with E-state index in [4.69, 9.17) is 5.73 Å². The van der Waals surface area contributed by atoms with Crippen LogP contribution in [-0.2, 0) is 17.4 Å². The minimum absolute atomic E-state index is 0.00772. The normalized spacial score (nSPS) is 16.2. The number of likely N-dealkylation sites (tertiary alicyclic amines) is 1. The van der Waals surface area contributed by atoms with Crippen LogP contribution in [-0.4, -0.2) is 39.4 Å². The molecule has 0 saturated carbocycles. The Labute approximate surface area is 149 Å². The fourth-order valence-electron chi connectivity index (χ4n) is 3.30. The van der Waals surface area contributed by atoms with Crippen LogP contribution in [0, 0.1) is 12.8 Å². The molecule has 1 aliphatic heterocycles. The highest BCUT2D eigenvalue weighted by atomic mass is 19.4. The van der Waals surface area contributed by atoms with Crippen molar-refractivity contribution in [2.24, 2.45) is 11.7 Å². The maximum absolute atomic E-state index is 13.2. The van der Waals surface area contributed by atoms with E-state index in [1.54, 1.807) is 31.7 Å². The van der Waals surface area contributed by atoms with Crippen molar-refractivity contribution in [1.29, 1.82) is 0 Å². The Bertz CT molecular complexity index is 829. The molecule has 26 heavy (non-hydrogen) atoms. The summed E-state index contributed by atoms with van der Waals surface area (Å²) in [6.07, 6.45) is -3.65. The van der Waals surface area contributed by atoms with Crippen LogP contribution in [0.1, 0.15) is 37.2 Å². The van der Waals surface area contributed by atoms with Gasteiger partial charge in [0, 0.05) is 37.4 Å². The molecule has 1 saturated heterocycles. The third-order valence-corrected chi connectivity index (χ3v) is 4.48. The molecule has 0 atom stereocenters. The minimum Gasteiger partial charge on any atom is -0.342 e. The number of halogens is 3. The molecular weight excluding hydrogens is 345 g/mol. The SMILES string of the molecule is Cc1cc(C(F)(F)F)c2nc(CC3CN(C(=O)CC(C)(C)N)C3)[nH]c2c1. The van der Waals surface area contributed by atoms with Crippen molar-refractivity contribution in [3.05, 3.63) is 29.1 Å². The third-order valence-electron chi connectivity index (χ3n) is 4.48. The Morgan fingerprint density at radius 3 is 2.58 bits per heavy atom. The van der Waals surface area contributed by atoms with E-state index in [1.165, 1.54) is 0 Å². The van der Waals surface area contributed by atoms with Gasteiger partial charge in [0.25, 0.3) is 0 Å². The summed E-state index contributed by atoms with van der Waals surface area (Å²) in [6.45, 7) is 6.39. The highest BCUT2D eigenvalue weighted by molar-refractivity contribution is 5.80. The number of imidazole rings is 1. The summed E-state index contributed by atoms with van der Waals surface area (Å²) < 4.78 is 39.6. The number of hydrogen-bond donors (Lipinski definition) is 2. The zero-order chi connectivity index (χ0) is 19.3. The van der Waals surface area contributed by atoms with Gasteiger partial charge in [-0.25, -0.2) is 4.98 Å². The molecule has 3 rings (SSSR count). The van der Waals surface area contributed by atoms with Gasteiger partial charge in [-0.2, -0.15) is 13.2 Å². The molecule has 1 aromatic carbocycles. The first-order valence-electron chi connectivity index (χ1n) is 8.55. The molecule has 3 N–H and O–H groups in total. The lowest BCUT2D eigenvalue weighted by molar-refractivity contribution is -0.138. The van der Waals surface area contributed by atoms with E-state index in [0.29, 0.717) is 36.4 Å². The van der Waals surface area contributed by atoms with Crippen molar-refractivity contribution in [1.82, 2.24) is 14.9 Å². The Kier molecular flexibility index (Phi) is 4.50. The van der Waals surface area contributed by atoms with Crippen LogP contribution in [0.15, 0.2) is 12.1 Å². The second kappa shape index (κ2) is 6.26. The van der Waals surface area contributed by atoms with E-state index in [2.05, 4.69) is 9.97 Å². The minimum atomic E-state index is -4.44. The molecule has 0 aliphatic carbocycles. The van der Waals surface area contributed by atoms with Gasteiger partial charge in [0.05, 0.1) is 11.1 Å². The number of benzene rings is 1. The molecule has 2 aromatic rings. The molecule has 0 radical (unpaired) electrons. The van der Waals surface area contributed by atoms with Gasteiger partial charge in [-0.3, -0.25) is 4.79 Å². The summed E-state index contributed by atoms with van der Waals surface area (Å²) in [5.41, 5.74) is 5.47. The number of carbonyl (C=O) groups is 1. The molecule has 1 amide bonds. The van der Waals surface area contributed by atoms with Gasteiger partial charge in [-0.1, -0.05) is 0 Å². The van der Waals surface area contributed by atoms with Crippen molar-refractivity contribution < 1.29 is 18.0 Å². The highest BCUT2D eigenvalue weighted by Gasteiger charge is 2.35. The zero-order valence-corrected chi connectivity index (χ0v) is 15.1. The number of nitrogens with zero attached hydrogens (tertiary/aromatic N) is 2. The summed E-state index contributed by atoms with van der Waals surface area (Å²) in [4.78, 5) is 21.0. The summed E-state index contributed by atoms with van der Waals surface area (Å²) in [6, 6.07) is 2.78. The van der Waals surface area contributed by atoms with Gasteiger partial charge in [0.1, 0.15) is 11.3 Å². The molecule has 5 nitrogen and oxygen atoms in total. The molecule has 0 spiro atoms. The number of aromatic amines is 1. The van der Waals surface area contributed by atoms with Gasteiger partial charge in [-0.05, 0) is 38.5 Å². The Morgan fingerprint density at radius 2 is 2.00 bits per heavy atom. The van der Waals surface area contributed by atoms with Gasteiger partial charge < -0.3 is 15.6 Å². The Balaban J connectivity index is 1.69. The van der Waals surface area contributed by atoms with E-state index >= 15 is 0 Å². The fraction of sp³-hybridized carbons (Fsp3) is 0.556. The third kappa shape index (κ3) is 4.00. The number of carbonyl (C=O) groups excluding carboxylic acids is 1. The van der Waals surface area contributed by atoms with E-state index in [0.717, 1.165) is 6.07 Å². The summed E-state index contributed by atoms with van der Waals surface area (Å²) in [5, 5.41) is 0. The second-order valence-corrected chi connectivity index (χ2v) is 7.92. The largest absolute Gasteiger partial charge is 0.418 e. The monoisotopic (exact) mass is 368 g/mol. The predicted molar refractivity (Wildman–Crippen MR) is 92.5 cm³/mol. The predicted octanol–water partition coefficient (Wildman–Crippen LogP) is 3.02. The molecule has 1 fully saturated rings. The van der Waals surface area contributed by atoms with Crippen LogP contribution in [0.5, 0.6) is 0 Å². The number of fused-ring (bicyclic) bond motifs is 1. The molecule has 0 unspecified atom stereocenters. The number of alkyl halides is 3. The van der Waals surface area contributed by atoms with E-state index < -0.39 is 17.3 Å². The molecule has 2 heterocycles. The second-order valence-electron chi connectivity index (χ2n) is 7.92. The molecule has 142 valence electrons. The molecule has 1 aromatic heterocycles. The van der Waals surface area contributed by atoms with E-state index in [1.807, 2.05) is 0 Å². The van der Waals surface area contributed by atoms with Crippen molar-refractivity contribution in [2.45, 2.75) is 45.3 Å². The van der Waals surface area contributed by atoms with Crippen LogP contribution in [0.25, 0.3) is 11.0 Å². The number of H-pyrrole nitrogens is 1. The van der Waals surface area contributed by atoms with Crippen molar-refractivity contribution in [3.63, 3.8) is 0 Å². The van der Waals surface area contributed by atoms with E-state index in [-0.39, 0.29) is 23.8 Å². The number of rotatable bonds is 4. The van der Waals surface area contributed by atoms with Gasteiger partial charge in [-0.15, -0.1) is 0 Å². The first kappa shape index (κ1) is 18.7. The topological polar surface area (TPSA) is 75.0 Å². The van der Waals surface area contributed by atoms with Crippen LogP contribution in [0.2, 0.25) is 0 Å². The highest BCUT2D eigenvalue weighted by Crippen LogP contribution is 2.35. The lowest BCUT2D eigenvalue weighted by atomic mass is 9.93. The average Bonchev–Trinajstić information content (AvgIpc) is 2.80. The van der Waals surface area contributed by atoms with Gasteiger partial charge in [0.15, 0.2) is 0 Å². The summed E-state index contributed by atoms with van der Waals surface area (Å²) >= 11 is 0. The van der Waals surface area contributed by atoms with Crippen LogP contribution >= 0.6 is 0 Å². The van der Waals surface area contributed by atoms with Crippen molar-refractivity contribution in [2.75, 3.05) is 13.1 Å². The fourth-order valence-corrected chi connectivity index (χ4v) is 3.30. The summed E-state index contributed by atoms with van der Waals surface area (Å²) in [7, 11) is 0. The van der Waals surface area contributed by atoms with Gasteiger partial charge >= 0.3 is 6.18 Å². The van der Waals surface area contributed by atoms with Crippen molar-refractivity contribution >= 4 is 16.9 Å². The Hall–Kier alpha value is -2.09. The maximum atomic E-state index is 13.2. The van der Waals surface area contributed by atoms with E-state index in [9.17, 15) is 18.0 Å². The summed E-state index contributed by atoms with van der Waals surface area (Å²) in [5.74, 6) is 0.719. The quantitative estimate of drug-likeness (QED) is 0.871. The smallest absolute Gasteiger partial charge is 0.342 e. The van der Waals surface area contributed by atoms with Crippen LogP contribution in [0.4, 0.5) is 13.2 Å². The van der Waals surface area contributed by atoms with Crippen LogP contribution < -0.4 is 5.73 Å². The molecule has 8 heteroatoms. The lowest BCUT2D eigenvalue weighted by Crippen LogP contribution is -2.53.